The number of amides is 3. The smallest absolute Gasteiger partial charge is 0.320 e. The third kappa shape index (κ3) is 4.22. The highest BCUT2D eigenvalue weighted by molar-refractivity contribution is 7.90. The number of hydrogen-bond acceptors (Lipinski definition) is 4. The van der Waals surface area contributed by atoms with Gasteiger partial charge in [0.1, 0.15) is 12.3 Å². The van der Waals surface area contributed by atoms with Crippen molar-refractivity contribution in [3.63, 3.8) is 0 Å². The molecule has 0 bridgehead atoms. The number of carbonyl (C=O) groups excluding carboxylic acids is 2. The fourth-order valence-corrected chi connectivity index (χ4v) is 7.33. The number of nitrogens with one attached hydrogen (secondary N) is 1. The topological polar surface area (TPSA) is 86.8 Å². The van der Waals surface area contributed by atoms with E-state index in [4.69, 9.17) is 0 Å². The molecule has 0 radical (unpaired) electrons. The van der Waals surface area contributed by atoms with E-state index in [0.717, 1.165) is 17.7 Å². The summed E-state index contributed by atoms with van der Waals surface area (Å²) in [6.07, 6.45) is 0.402. The molecule has 0 aromatic rings. The summed E-state index contributed by atoms with van der Waals surface area (Å²) in [5.74, 6) is -1.27. The summed E-state index contributed by atoms with van der Waals surface area (Å²) in [6, 6.07) is -0.871. The number of rotatable bonds is 5. The van der Waals surface area contributed by atoms with E-state index in [9.17, 15) is 26.8 Å². The second kappa shape index (κ2) is 7.69. The van der Waals surface area contributed by atoms with Crippen LogP contribution in [0.3, 0.4) is 0 Å². The van der Waals surface area contributed by atoms with Gasteiger partial charge in [-0.25, -0.2) is 26.7 Å². The van der Waals surface area contributed by atoms with E-state index in [0.29, 0.717) is 12.8 Å². The zero-order valence-corrected chi connectivity index (χ0v) is 18.3. The Labute approximate surface area is 176 Å². The molecule has 1 saturated heterocycles. The number of hydrogen-bond donors (Lipinski definition) is 1. The van der Waals surface area contributed by atoms with Crippen molar-refractivity contribution in [2.24, 2.45) is 11.8 Å². The predicted octanol–water partition coefficient (Wildman–Crippen LogP) is 2.37. The lowest BCUT2D eigenvalue weighted by Gasteiger charge is -2.48. The van der Waals surface area contributed by atoms with Gasteiger partial charge in [-0.3, -0.25) is 9.69 Å². The molecule has 0 aromatic carbocycles. The van der Waals surface area contributed by atoms with E-state index in [1.807, 2.05) is 6.92 Å². The summed E-state index contributed by atoms with van der Waals surface area (Å²) < 4.78 is 56.2. The molecule has 7 nitrogen and oxygen atoms in total. The molecule has 10 heteroatoms. The molecular weight excluding hydrogens is 416 g/mol. The third-order valence-corrected chi connectivity index (χ3v) is 9.40. The minimum atomic E-state index is -3.57. The summed E-state index contributed by atoms with van der Waals surface area (Å²) >= 11 is 0. The highest BCUT2D eigenvalue weighted by Gasteiger charge is 2.51. The summed E-state index contributed by atoms with van der Waals surface area (Å²) in [7, 11) is -2.17. The Morgan fingerprint density at radius 3 is 2.30 bits per heavy atom. The van der Waals surface area contributed by atoms with Crippen molar-refractivity contribution in [2.45, 2.75) is 87.5 Å². The van der Waals surface area contributed by atoms with Crippen molar-refractivity contribution >= 4 is 22.0 Å². The van der Waals surface area contributed by atoms with E-state index in [-0.39, 0.29) is 49.6 Å². The van der Waals surface area contributed by atoms with Crippen LogP contribution in [0.4, 0.5) is 13.6 Å². The highest BCUT2D eigenvalue weighted by Crippen LogP contribution is 2.41. The molecule has 3 amide bonds. The number of imide groups is 1. The quantitative estimate of drug-likeness (QED) is 0.701. The Bertz CT molecular complexity index is 809. The monoisotopic (exact) mass is 447 g/mol. The second-order valence-electron chi connectivity index (χ2n) is 9.92. The van der Waals surface area contributed by atoms with Crippen LogP contribution in [0.5, 0.6) is 0 Å². The van der Waals surface area contributed by atoms with Gasteiger partial charge in [0.15, 0.2) is 0 Å². The van der Waals surface area contributed by atoms with Gasteiger partial charge in [0.05, 0.1) is 11.2 Å². The van der Waals surface area contributed by atoms with Crippen LogP contribution in [-0.4, -0.2) is 72.9 Å². The molecule has 3 aliphatic carbocycles. The summed E-state index contributed by atoms with van der Waals surface area (Å²) in [5, 5.41) is -0.677. The number of carbonyl (C=O) groups is 2. The fourth-order valence-electron chi connectivity index (χ4n) is 5.36. The van der Waals surface area contributed by atoms with Gasteiger partial charge < -0.3 is 4.90 Å². The van der Waals surface area contributed by atoms with E-state index >= 15 is 0 Å². The van der Waals surface area contributed by atoms with Gasteiger partial charge in [-0.1, -0.05) is 0 Å². The van der Waals surface area contributed by atoms with E-state index in [1.54, 1.807) is 4.90 Å². The van der Waals surface area contributed by atoms with E-state index in [1.165, 1.54) is 7.05 Å². The maximum absolute atomic E-state index is 13.8. The van der Waals surface area contributed by atoms with Crippen LogP contribution in [0.15, 0.2) is 0 Å². The Morgan fingerprint density at radius 2 is 1.70 bits per heavy atom. The number of nitrogens with zero attached hydrogens (tertiary/aromatic N) is 2. The maximum Gasteiger partial charge on any atom is 0.326 e. The highest BCUT2D eigenvalue weighted by atomic mass is 32.2. The first kappa shape index (κ1) is 21.9. The number of fused-ring (bicyclic) bond motifs is 1. The molecule has 4 fully saturated rings. The third-order valence-electron chi connectivity index (χ3n) is 7.32. The molecule has 0 aromatic heterocycles. The Balaban J connectivity index is 1.50. The first-order valence-electron chi connectivity index (χ1n) is 10.9. The average Bonchev–Trinajstić information content (AvgIpc) is 3.38. The largest absolute Gasteiger partial charge is 0.326 e. The Morgan fingerprint density at radius 1 is 1.07 bits per heavy atom. The Kier molecular flexibility index (Phi) is 5.62. The summed E-state index contributed by atoms with van der Waals surface area (Å²) in [5.41, 5.74) is -0.377. The number of sulfonamides is 1. The summed E-state index contributed by atoms with van der Waals surface area (Å²) in [6.45, 7) is 2.07. The first-order valence-corrected chi connectivity index (χ1v) is 12.4. The van der Waals surface area contributed by atoms with Crippen molar-refractivity contribution in [3.8, 4) is 0 Å². The first-order chi connectivity index (χ1) is 14.0. The van der Waals surface area contributed by atoms with Crippen LogP contribution in [-0.2, 0) is 14.8 Å². The maximum atomic E-state index is 13.8. The molecule has 5 unspecified atom stereocenters. The van der Waals surface area contributed by atoms with Crippen LogP contribution in [0.2, 0.25) is 0 Å². The standard InChI is InChI=1S/C20H31F2N3O4S/c1-20(5-6-20)23-30(28,29)15-3-4-17-16(10-15)18(26)24(2)19(27)25(17)11-12-7-13(21)9-14(22)8-12/h12-17,23H,3-11H2,1-2H3. The zero-order valence-electron chi connectivity index (χ0n) is 17.5. The Hall–Kier alpha value is -1.29. The molecule has 170 valence electrons. The van der Waals surface area contributed by atoms with Gasteiger partial charge in [-0.2, -0.15) is 0 Å². The van der Waals surface area contributed by atoms with Crippen molar-refractivity contribution in [1.29, 1.82) is 0 Å². The molecule has 1 N–H and O–H groups in total. The minimum absolute atomic E-state index is 0.0969. The molecule has 5 atom stereocenters. The molecule has 1 aliphatic heterocycles. The molecule has 4 aliphatic rings. The van der Waals surface area contributed by atoms with Crippen molar-refractivity contribution in [1.82, 2.24) is 14.5 Å². The van der Waals surface area contributed by atoms with Crippen LogP contribution >= 0.6 is 0 Å². The average molecular weight is 448 g/mol. The van der Waals surface area contributed by atoms with Crippen LogP contribution in [0, 0.1) is 11.8 Å². The van der Waals surface area contributed by atoms with Crippen molar-refractivity contribution in [2.75, 3.05) is 13.6 Å². The number of alkyl halides is 2. The molecule has 0 spiro atoms. The molecule has 30 heavy (non-hydrogen) atoms. The molecule has 3 saturated carbocycles. The minimum Gasteiger partial charge on any atom is -0.320 e. The van der Waals surface area contributed by atoms with E-state index < -0.39 is 45.6 Å². The fraction of sp³-hybridized carbons (Fsp3) is 0.900. The van der Waals surface area contributed by atoms with E-state index in [2.05, 4.69) is 4.72 Å². The van der Waals surface area contributed by atoms with Crippen LogP contribution < -0.4 is 4.72 Å². The lowest BCUT2D eigenvalue weighted by Crippen LogP contribution is -2.64. The van der Waals surface area contributed by atoms with Crippen LogP contribution in [0.25, 0.3) is 0 Å². The van der Waals surface area contributed by atoms with Gasteiger partial charge in [0.25, 0.3) is 0 Å². The van der Waals surface area contributed by atoms with Crippen molar-refractivity contribution < 1.29 is 26.8 Å². The lowest BCUT2D eigenvalue weighted by atomic mass is 9.79. The molecule has 4 rings (SSSR count). The van der Waals surface area contributed by atoms with Gasteiger partial charge >= 0.3 is 6.03 Å². The lowest BCUT2D eigenvalue weighted by molar-refractivity contribution is -0.139. The van der Waals surface area contributed by atoms with Gasteiger partial charge in [-0.15, -0.1) is 0 Å². The van der Waals surface area contributed by atoms with Crippen LogP contribution in [0.1, 0.15) is 58.3 Å². The number of urea groups is 1. The predicted molar refractivity (Wildman–Crippen MR) is 107 cm³/mol. The number of halogens is 2. The van der Waals surface area contributed by atoms with Crippen molar-refractivity contribution in [3.05, 3.63) is 0 Å². The summed E-state index contributed by atoms with van der Waals surface area (Å²) in [4.78, 5) is 28.2. The molecule has 1 heterocycles. The van der Waals surface area contributed by atoms with Gasteiger partial charge in [0, 0.05) is 31.6 Å². The van der Waals surface area contributed by atoms with Gasteiger partial charge in [-0.05, 0) is 57.8 Å². The second-order valence-corrected chi connectivity index (χ2v) is 11.9. The van der Waals surface area contributed by atoms with Gasteiger partial charge in [0.2, 0.25) is 15.9 Å². The zero-order chi connectivity index (χ0) is 21.8. The SMILES string of the molecule is CN1C(=O)C2CC(S(=O)(=O)NC3(C)CC3)CCC2N(CC2CC(F)CC(F)C2)C1=O. The molecular formula is C20H31F2N3O4S. The normalized spacial score (nSPS) is 39.1.